The first-order valence-corrected chi connectivity index (χ1v) is 4.29. The normalized spacial score (nSPS) is 11.0. The summed E-state index contributed by atoms with van der Waals surface area (Å²) in [6, 6.07) is 14.0. The molecule has 0 spiro atoms. The minimum absolute atomic E-state index is 0.520. The topological polar surface area (TPSA) is 3.88 Å². The molecule has 0 atom stereocenters. The van der Waals surface area contributed by atoms with Gasteiger partial charge in [0.1, 0.15) is 8.42 Å². The average molecular weight is 171 g/mol. The highest BCUT2D eigenvalue weighted by Gasteiger charge is 1.97. The van der Waals surface area contributed by atoms with Gasteiger partial charge in [-0.05, 0) is 11.1 Å². The van der Waals surface area contributed by atoms with Crippen LogP contribution in [0.3, 0.4) is 0 Å². The molecule has 0 saturated carbocycles. The highest BCUT2D eigenvalue weighted by molar-refractivity contribution is 5.61. The van der Waals surface area contributed by atoms with E-state index >= 15 is 0 Å². The molecular weight excluding hydrogens is 158 g/mol. The number of hydrogen-bond acceptors (Lipinski definition) is 0. The van der Waals surface area contributed by atoms with Crippen LogP contribution in [0.25, 0.3) is 11.1 Å². The highest BCUT2D eigenvalue weighted by Crippen LogP contribution is 2.16. The monoisotopic (exact) mass is 171 g/mol. The fourth-order valence-corrected chi connectivity index (χ4v) is 1.26. The summed E-state index contributed by atoms with van der Waals surface area (Å²) in [5.41, 5.74) is 2.25. The third-order valence-corrected chi connectivity index (χ3v) is 2.01. The highest BCUT2D eigenvalue weighted by atomic mass is 14.9. The number of rotatable bonds is 1. The lowest BCUT2D eigenvalue weighted by Crippen LogP contribution is -2.25. The molecule has 1 heteroatoms. The summed E-state index contributed by atoms with van der Waals surface area (Å²) in [4.78, 5) is 0. The fraction of sp³-hybridized carbons (Fsp3) is 0.0833. The van der Waals surface area contributed by atoms with Crippen molar-refractivity contribution >= 4 is 0 Å². The van der Waals surface area contributed by atoms with E-state index in [-0.39, 0.29) is 0 Å². The van der Waals surface area contributed by atoms with Gasteiger partial charge < -0.3 is 0 Å². The SMILES string of the molecule is [2H]c1cc(-c2ccccc2)cc[n+]1C. The van der Waals surface area contributed by atoms with Crippen LogP contribution >= 0.6 is 0 Å². The Balaban J connectivity index is 2.48. The van der Waals surface area contributed by atoms with E-state index < -0.39 is 0 Å². The lowest BCUT2D eigenvalue weighted by atomic mass is 10.1. The molecule has 0 saturated heterocycles. The van der Waals surface area contributed by atoms with E-state index in [0.717, 1.165) is 11.1 Å². The summed E-state index contributed by atoms with van der Waals surface area (Å²) in [6.07, 6.45) is 2.43. The minimum Gasteiger partial charge on any atom is -0.208 e. The molecule has 1 heterocycles. The molecule has 0 aliphatic heterocycles. The van der Waals surface area contributed by atoms with Crippen LogP contribution in [0, 0.1) is 0 Å². The molecular formula is C12H12N+. The second-order valence-electron chi connectivity index (χ2n) is 3.02. The smallest absolute Gasteiger partial charge is 0.169 e. The number of benzene rings is 1. The maximum Gasteiger partial charge on any atom is 0.169 e. The first-order valence-electron chi connectivity index (χ1n) is 4.79. The van der Waals surface area contributed by atoms with Crippen LogP contribution in [0.1, 0.15) is 1.37 Å². The van der Waals surface area contributed by atoms with Crippen molar-refractivity contribution in [2.75, 3.05) is 0 Å². The van der Waals surface area contributed by atoms with Crippen LogP contribution in [0.4, 0.5) is 0 Å². The van der Waals surface area contributed by atoms with Crippen molar-refractivity contribution in [3.05, 3.63) is 54.8 Å². The van der Waals surface area contributed by atoms with E-state index in [9.17, 15) is 0 Å². The van der Waals surface area contributed by atoms with Crippen LogP contribution in [0.2, 0.25) is 0 Å². The van der Waals surface area contributed by atoms with E-state index in [1.807, 2.05) is 43.6 Å². The van der Waals surface area contributed by atoms with E-state index in [1.54, 1.807) is 4.57 Å². The minimum atomic E-state index is 0.520. The van der Waals surface area contributed by atoms with Crippen LogP contribution in [0.5, 0.6) is 0 Å². The Bertz CT molecular complexity index is 437. The number of nitrogens with zero attached hydrogens (tertiary/aromatic N) is 1. The third kappa shape index (κ3) is 1.75. The second kappa shape index (κ2) is 3.40. The van der Waals surface area contributed by atoms with Gasteiger partial charge in [-0.3, -0.25) is 0 Å². The first kappa shape index (κ1) is 6.84. The molecule has 1 nitrogen and oxygen atoms in total. The number of aryl methyl sites for hydroxylation is 1. The number of pyridine rings is 1. The van der Waals surface area contributed by atoms with E-state index in [0.29, 0.717) is 6.17 Å². The van der Waals surface area contributed by atoms with Crippen molar-refractivity contribution in [3.8, 4) is 11.1 Å². The van der Waals surface area contributed by atoms with Crippen LogP contribution in [-0.4, -0.2) is 0 Å². The van der Waals surface area contributed by atoms with Gasteiger partial charge in [-0.2, -0.15) is 0 Å². The van der Waals surface area contributed by atoms with Crippen molar-refractivity contribution in [2.24, 2.45) is 7.05 Å². The summed E-state index contributed by atoms with van der Waals surface area (Å²) >= 11 is 0. The summed E-state index contributed by atoms with van der Waals surface area (Å²) < 4.78 is 9.46. The van der Waals surface area contributed by atoms with Crippen LogP contribution in [-0.2, 0) is 7.05 Å². The van der Waals surface area contributed by atoms with Crippen molar-refractivity contribution < 1.29 is 5.94 Å². The maximum atomic E-state index is 7.67. The molecule has 0 aliphatic carbocycles. The van der Waals surface area contributed by atoms with Gasteiger partial charge in [0.05, 0.1) is 0 Å². The Morgan fingerprint density at radius 1 is 1.00 bits per heavy atom. The molecule has 0 fully saturated rings. The molecule has 0 amide bonds. The van der Waals surface area contributed by atoms with Gasteiger partial charge in [-0.1, -0.05) is 30.3 Å². The lowest BCUT2D eigenvalue weighted by molar-refractivity contribution is -0.671. The van der Waals surface area contributed by atoms with Gasteiger partial charge in [-0.25, -0.2) is 4.57 Å². The number of hydrogen-bond donors (Lipinski definition) is 0. The van der Waals surface area contributed by atoms with Crippen molar-refractivity contribution in [1.29, 1.82) is 0 Å². The molecule has 2 aromatic rings. The third-order valence-electron chi connectivity index (χ3n) is 2.01. The van der Waals surface area contributed by atoms with Gasteiger partial charge in [0.2, 0.25) is 0 Å². The predicted octanol–water partition coefficient (Wildman–Crippen LogP) is 2.18. The summed E-state index contributed by atoms with van der Waals surface area (Å²) in [7, 11) is 1.87. The predicted molar refractivity (Wildman–Crippen MR) is 53.1 cm³/mol. The van der Waals surface area contributed by atoms with Gasteiger partial charge >= 0.3 is 0 Å². The van der Waals surface area contributed by atoms with E-state index in [1.165, 1.54) is 0 Å². The zero-order valence-electron chi connectivity index (χ0n) is 8.57. The summed E-state index contributed by atoms with van der Waals surface area (Å²) in [6.45, 7) is 0. The standard InChI is InChI=1S/C12H12N/c1-13-9-7-12(8-10-13)11-5-3-2-4-6-11/h2-10H,1H3/q+1/i9D. The molecule has 1 aromatic heterocycles. The molecule has 1 aromatic carbocycles. The Labute approximate surface area is 79.7 Å². The van der Waals surface area contributed by atoms with Gasteiger partial charge in [-0.15, -0.1) is 0 Å². The van der Waals surface area contributed by atoms with Crippen molar-refractivity contribution in [1.82, 2.24) is 0 Å². The van der Waals surface area contributed by atoms with Gasteiger partial charge in [0, 0.05) is 12.1 Å². The summed E-state index contributed by atoms with van der Waals surface area (Å²) in [5.74, 6) is 0. The average Bonchev–Trinajstić information content (AvgIpc) is 2.23. The molecule has 0 radical (unpaired) electrons. The van der Waals surface area contributed by atoms with E-state index in [4.69, 9.17) is 1.37 Å². The van der Waals surface area contributed by atoms with Gasteiger partial charge in [0.15, 0.2) is 12.4 Å². The quantitative estimate of drug-likeness (QED) is 0.579. The Hall–Kier alpha value is -1.63. The summed E-state index contributed by atoms with van der Waals surface area (Å²) in [5, 5.41) is 0. The molecule has 13 heavy (non-hydrogen) atoms. The largest absolute Gasteiger partial charge is 0.208 e. The molecule has 0 bridgehead atoms. The maximum absolute atomic E-state index is 7.67. The Kier molecular flexibility index (Phi) is 1.79. The number of aromatic nitrogens is 1. The zero-order chi connectivity index (χ0) is 9.97. The second-order valence-corrected chi connectivity index (χ2v) is 3.02. The molecule has 0 N–H and O–H groups in total. The van der Waals surface area contributed by atoms with Crippen molar-refractivity contribution in [2.45, 2.75) is 0 Å². The molecule has 64 valence electrons. The molecule has 0 aliphatic rings. The van der Waals surface area contributed by atoms with Gasteiger partial charge in [0.25, 0.3) is 0 Å². The Morgan fingerprint density at radius 3 is 2.38 bits per heavy atom. The zero-order valence-corrected chi connectivity index (χ0v) is 7.57. The fourth-order valence-electron chi connectivity index (χ4n) is 1.26. The first-order chi connectivity index (χ1) is 6.77. The van der Waals surface area contributed by atoms with Crippen LogP contribution < -0.4 is 4.57 Å². The van der Waals surface area contributed by atoms with Crippen molar-refractivity contribution in [3.63, 3.8) is 0 Å². The molecule has 2 rings (SSSR count). The lowest BCUT2D eigenvalue weighted by Gasteiger charge is -1.98. The molecule has 0 unspecified atom stereocenters. The van der Waals surface area contributed by atoms with E-state index in [2.05, 4.69) is 12.1 Å². The Morgan fingerprint density at radius 2 is 1.69 bits per heavy atom. The van der Waals surface area contributed by atoms with Crippen LogP contribution in [0.15, 0.2) is 54.8 Å².